The molecule has 12 heavy (non-hydrogen) atoms. The lowest BCUT2D eigenvalue weighted by Gasteiger charge is -1.96. The normalized spacial score (nSPS) is 10.2. The van der Waals surface area contributed by atoms with Crippen molar-refractivity contribution in [3.8, 4) is 0 Å². The van der Waals surface area contributed by atoms with E-state index in [1.54, 1.807) is 11.4 Å². The van der Waals surface area contributed by atoms with Gasteiger partial charge in [0.1, 0.15) is 5.82 Å². The third kappa shape index (κ3) is 1.61. The highest BCUT2D eigenvalue weighted by Gasteiger charge is 2.07. The van der Waals surface area contributed by atoms with Gasteiger partial charge in [0.25, 0.3) is 0 Å². The van der Waals surface area contributed by atoms with E-state index in [1.807, 2.05) is 0 Å². The maximum atomic E-state index is 4.83. The first-order valence-electron chi connectivity index (χ1n) is 3.86. The predicted octanol–water partition coefficient (Wildman–Crippen LogP) is 2.52. The van der Waals surface area contributed by atoms with Crippen molar-refractivity contribution >= 4 is 23.7 Å². The highest BCUT2D eigenvalue weighted by molar-refractivity contribution is 7.79. The molecule has 64 valence electrons. The molecule has 0 fully saturated rings. The Morgan fingerprint density at radius 3 is 2.58 bits per heavy atom. The van der Waals surface area contributed by atoms with Gasteiger partial charge in [-0.3, -0.25) is 0 Å². The van der Waals surface area contributed by atoms with Crippen LogP contribution in [0.3, 0.4) is 0 Å². The number of hydrogen-bond donors (Lipinski definition) is 1. The first-order chi connectivity index (χ1) is 5.69. The molecule has 0 atom stereocenters. The van der Waals surface area contributed by atoms with Crippen molar-refractivity contribution in [2.45, 2.75) is 19.8 Å². The van der Waals surface area contributed by atoms with Gasteiger partial charge in [-0.15, -0.1) is 0 Å². The molecule has 1 rings (SSSR count). The third-order valence-electron chi connectivity index (χ3n) is 1.64. The number of nitrogens with one attached hydrogen (secondary N) is 1. The number of hydrogen-bond acceptors (Lipinski definition) is 2. The lowest BCUT2D eigenvalue weighted by molar-refractivity contribution is 0.793. The molecule has 0 bridgehead atoms. The van der Waals surface area contributed by atoms with E-state index in [4.69, 9.17) is 12.2 Å². The van der Waals surface area contributed by atoms with Crippen LogP contribution < -0.4 is 0 Å². The van der Waals surface area contributed by atoms with Gasteiger partial charge in [-0.05, 0) is 6.08 Å². The Morgan fingerprint density at radius 2 is 2.25 bits per heavy atom. The van der Waals surface area contributed by atoms with Crippen LogP contribution in [0.2, 0.25) is 0 Å². The van der Waals surface area contributed by atoms with Crippen LogP contribution in [0.15, 0.2) is 6.58 Å². The first-order valence-corrected chi connectivity index (χ1v) is 4.33. The van der Waals surface area contributed by atoms with Crippen molar-refractivity contribution < 1.29 is 0 Å². The van der Waals surface area contributed by atoms with Crippen molar-refractivity contribution in [3.05, 3.63) is 23.8 Å². The Balaban J connectivity index is 3.13. The van der Waals surface area contributed by atoms with Gasteiger partial charge in [-0.2, -0.15) is 0 Å². The summed E-state index contributed by atoms with van der Waals surface area (Å²) in [5, 5.41) is 1.59. The van der Waals surface area contributed by atoms with E-state index >= 15 is 0 Å². The second kappa shape index (κ2) is 3.63. The average Bonchev–Trinajstić information content (AvgIpc) is 2.46. The zero-order valence-electron chi connectivity index (χ0n) is 7.29. The van der Waals surface area contributed by atoms with Crippen LogP contribution >= 0.6 is 12.2 Å². The maximum absolute atomic E-state index is 4.83. The molecule has 0 aliphatic heterocycles. The summed E-state index contributed by atoms with van der Waals surface area (Å²) in [6.07, 6.45) is 1.71. The molecule has 1 heterocycles. The Morgan fingerprint density at radius 1 is 1.58 bits per heavy atom. The average molecular weight is 180 g/mol. The standard InChI is InChI=1S/C9H12N2S/c1-4-7-8(5-12)11-9(10-7)6(2)3/h4-6H,1H2,2-3H3,(H,10,11). The summed E-state index contributed by atoms with van der Waals surface area (Å²) in [7, 11) is 0. The first kappa shape index (κ1) is 9.13. The molecule has 0 aliphatic carbocycles. The van der Waals surface area contributed by atoms with Crippen molar-refractivity contribution in [3.63, 3.8) is 0 Å². The van der Waals surface area contributed by atoms with Gasteiger partial charge in [-0.1, -0.05) is 32.6 Å². The van der Waals surface area contributed by atoms with Gasteiger partial charge in [0, 0.05) is 11.3 Å². The van der Waals surface area contributed by atoms with Crippen molar-refractivity contribution in [1.82, 2.24) is 9.97 Å². The van der Waals surface area contributed by atoms with Crippen molar-refractivity contribution in [2.24, 2.45) is 0 Å². The minimum atomic E-state index is 0.396. The SMILES string of the molecule is C=Cc1nc(C(C)C)[nH]c1C=S. The molecule has 0 aliphatic rings. The van der Waals surface area contributed by atoms with Crippen molar-refractivity contribution in [2.75, 3.05) is 0 Å². The molecular weight excluding hydrogens is 168 g/mol. The van der Waals surface area contributed by atoms with Crippen LogP contribution in [0.4, 0.5) is 0 Å². The zero-order valence-corrected chi connectivity index (χ0v) is 8.11. The van der Waals surface area contributed by atoms with Crippen LogP contribution in [0.1, 0.15) is 37.0 Å². The molecule has 0 aromatic carbocycles. The molecule has 0 saturated heterocycles. The number of imidazole rings is 1. The summed E-state index contributed by atoms with van der Waals surface area (Å²) in [4.78, 5) is 7.47. The van der Waals surface area contributed by atoms with E-state index in [0.29, 0.717) is 5.92 Å². The Bertz CT molecular complexity index is 274. The summed E-state index contributed by atoms with van der Waals surface area (Å²) < 4.78 is 0. The lowest BCUT2D eigenvalue weighted by atomic mass is 10.2. The second-order valence-electron chi connectivity index (χ2n) is 2.90. The van der Waals surface area contributed by atoms with E-state index < -0.39 is 0 Å². The minimum absolute atomic E-state index is 0.396. The fraction of sp³-hybridized carbons (Fsp3) is 0.333. The molecule has 2 nitrogen and oxygen atoms in total. The molecule has 1 N–H and O–H groups in total. The summed E-state index contributed by atoms with van der Waals surface area (Å²) in [5.41, 5.74) is 1.72. The Labute approximate surface area is 77.7 Å². The molecule has 1 aromatic rings. The summed E-state index contributed by atoms with van der Waals surface area (Å²) in [6.45, 7) is 7.83. The van der Waals surface area contributed by atoms with Crippen LogP contribution in [0.25, 0.3) is 6.08 Å². The lowest BCUT2D eigenvalue weighted by Crippen LogP contribution is -1.89. The predicted molar refractivity (Wildman–Crippen MR) is 55.5 cm³/mol. The fourth-order valence-electron chi connectivity index (χ4n) is 0.939. The van der Waals surface area contributed by atoms with Gasteiger partial charge < -0.3 is 4.98 Å². The molecule has 0 amide bonds. The smallest absolute Gasteiger partial charge is 0.109 e. The number of H-pyrrole nitrogens is 1. The Hall–Kier alpha value is -0.960. The van der Waals surface area contributed by atoms with Gasteiger partial charge in [0.15, 0.2) is 0 Å². The van der Waals surface area contributed by atoms with E-state index in [1.165, 1.54) is 0 Å². The van der Waals surface area contributed by atoms with Gasteiger partial charge in [-0.25, -0.2) is 4.98 Å². The van der Waals surface area contributed by atoms with Gasteiger partial charge in [0.2, 0.25) is 0 Å². The minimum Gasteiger partial charge on any atom is -0.341 e. The number of aromatic nitrogens is 2. The highest BCUT2D eigenvalue weighted by Crippen LogP contribution is 2.13. The number of aromatic amines is 1. The summed E-state index contributed by atoms with van der Waals surface area (Å²) in [6, 6.07) is 0. The Kier molecular flexibility index (Phi) is 2.76. The third-order valence-corrected chi connectivity index (χ3v) is 1.87. The molecule has 0 saturated carbocycles. The number of thiocarbonyl (C=S) groups is 1. The van der Waals surface area contributed by atoms with Crippen LogP contribution in [0.5, 0.6) is 0 Å². The van der Waals surface area contributed by atoms with E-state index in [2.05, 4.69) is 30.4 Å². The van der Waals surface area contributed by atoms with Crippen molar-refractivity contribution in [1.29, 1.82) is 0 Å². The zero-order chi connectivity index (χ0) is 9.14. The summed E-state index contributed by atoms with van der Waals surface area (Å²) >= 11 is 4.83. The quantitative estimate of drug-likeness (QED) is 0.724. The molecule has 1 aromatic heterocycles. The molecule has 0 unspecified atom stereocenters. The second-order valence-corrected chi connectivity index (χ2v) is 3.13. The van der Waals surface area contributed by atoms with E-state index in [9.17, 15) is 0 Å². The number of nitrogens with zero attached hydrogens (tertiary/aromatic N) is 1. The van der Waals surface area contributed by atoms with E-state index in [-0.39, 0.29) is 0 Å². The largest absolute Gasteiger partial charge is 0.341 e. The number of rotatable bonds is 3. The van der Waals surface area contributed by atoms with Crippen LogP contribution in [-0.4, -0.2) is 15.3 Å². The summed E-state index contributed by atoms with van der Waals surface area (Å²) in [5.74, 6) is 1.36. The van der Waals surface area contributed by atoms with Crippen LogP contribution in [0, 0.1) is 0 Å². The monoisotopic (exact) mass is 180 g/mol. The van der Waals surface area contributed by atoms with Gasteiger partial charge >= 0.3 is 0 Å². The highest BCUT2D eigenvalue weighted by atomic mass is 32.1. The maximum Gasteiger partial charge on any atom is 0.109 e. The van der Waals surface area contributed by atoms with E-state index in [0.717, 1.165) is 17.2 Å². The molecule has 0 spiro atoms. The topological polar surface area (TPSA) is 28.7 Å². The van der Waals surface area contributed by atoms with Crippen LogP contribution in [-0.2, 0) is 0 Å². The molecule has 0 radical (unpaired) electrons. The van der Waals surface area contributed by atoms with Gasteiger partial charge in [0.05, 0.1) is 11.4 Å². The molecular formula is C9H12N2S. The molecule has 3 heteroatoms. The fourth-order valence-corrected chi connectivity index (χ4v) is 1.12.